The van der Waals surface area contributed by atoms with Gasteiger partial charge in [-0.15, -0.1) is 0 Å². The number of carboxylic acid groups (broad SMARTS) is 1. The van der Waals surface area contributed by atoms with E-state index in [-0.39, 0.29) is 23.8 Å². The molecule has 0 saturated carbocycles. The van der Waals surface area contributed by atoms with Crippen molar-refractivity contribution in [2.24, 2.45) is 5.92 Å². The van der Waals surface area contributed by atoms with Crippen LogP contribution in [0.3, 0.4) is 0 Å². The molecule has 0 aliphatic heterocycles. The number of nitrogens with one attached hydrogen (secondary N) is 1. The molecule has 0 bridgehead atoms. The zero-order valence-electron chi connectivity index (χ0n) is 20.0. The van der Waals surface area contributed by atoms with Crippen LogP contribution in [0.25, 0.3) is 11.1 Å². The molecule has 34 heavy (non-hydrogen) atoms. The van der Waals surface area contributed by atoms with Gasteiger partial charge in [0, 0.05) is 29.4 Å². The predicted molar refractivity (Wildman–Crippen MR) is 134 cm³/mol. The van der Waals surface area contributed by atoms with Crippen molar-refractivity contribution in [2.75, 3.05) is 12.4 Å². The lowest BCUT2D eigenvalue weighted by Crippen LogP contribution is -2.17. The summed E-state index contributed by atoms with van der Waals surface area (Å²) in [5.74, 6) is -0.174. The number of ether oxygens (including phenoxy) is 1. The number of aromatic nitrogens is 1. The van der Waals surface area contributed by atoms with Gasteiger partial charge in [-0.2, -0.15) is 0 Å². The second-order valence-corrected chi connectivity index (χ2v) is 8.81. The summed E-state index contributed by atoms with van der Waals surface area (Å²) in [4.78, 5) is 29.1. The molecule has 3 rings (SSSR count). The summed E-state index contributed by atoms with van der Waals surface area (Å²) in [6.45, 7) is 4.37. The Labute approximate surface area is 201 Å². The fraction of sp³-hybridized carbons (Fsp3) is 0.321. The van der Waals surface area contributed by atoms with Crippen molar-refractivity contribution in [1.82, 2.24) is 4.98 Å². The van der Waals surface area contributed by atoms with E-state index in [0.717, 1.165) is 36.0 Å². The number of aromatic carboxylic acids is 1. The van der Waals surface area contributed by atoms with Gasteiger partial charge in [-0.1, -0.05) is 69.2 Å². The lowest BCUT2D eigenvalue weighted by molar-refractivity contribution is -0.116. The van der Waals surface area contributed by atoms with Crippen LogP contribution in [0.4, 0.5) is 5.69 Å². The number of methoxy groups -OCH3 is 1. The number of benzene rings is 2. The van der Waals surface area contributed by atoms with Crippen LogP contribution in [0.5, 0.6) is 5.88 Å². The zero-order valence-corrected chi connectivity index (χ0v) is 20.0. The van der Waals surface area contributed by atoms with E-state index in [9.17, 15) is 14.7 Å². The Morgan fingerprint density at radius 2 is 1.79 bits per heavy atom. The number of carboxylic acids is 1. The third-order valence-corrected chi connectivity index (χ3v) is 5.83. The summed E-state index contributed by atoms with van der Waals surface area (Å²) in [7, 11) is 1.58. The highest BCUT2D eigenvalue weighted by atomic mass is 16.5. The molecule has 1 unspecified atom stereocenters. The Morgan fingerprint density at radius 3 is 2.47 bits per heavy atom. The molecule has 2 N–H and O–H groups in total. The number of rotatable bonds is 11. The highest BCUT2D eigenvalue weighted by Gasteiger charge is 2.21. The normalized spacial score (nSPS) is 11.8. The maximum Gasteiger partial charge on any atom is 0.335 e. The Bertz CT molecular complexity index is 1110. The van der Waals surface area contributed by atoms with Gasteiger partial charge in [0.25, 0.3) is 0 Å². The average Bonchev–Trinajstić information content (AvgIpc) is 2.83. The fourth-order valence-electron chi connectivity index (χ4n) is 4.10. The van der Waals surface area contributed by atoms with Crippen molar-refractivity contribution >= 4 is 17.6 Å². The van der Waals surface area contributed by atoms with E-state index in [4.69, 9.17) is 4.74 Å². The van der Waals surface area contributed by atoms with E-state index in [2.05, 4.69) is 24.1 Å². The minimum absolute atomic E-state index is 0.0646. The first-order chi connectivity index (χ1) is 16.4. The number of hydrogen-bond acceptors (Lipinski definition) is 4. The maximum atomic E-state index is 13.2. The third-order valence-electron chi connectivity index (χ3n) is 5.83. The molecule has 0 saturated heterocycles. The largest absolute Gasteiger partial charge is 0.481 e. The number of hydrogen-bond donors (Lipinski definition) is 2. The molecule has 0 radical (unpaired) electrons. The summed E-state index contributed by atoms with van der Waals surface area (Å²) < 4.78 is 5.46. The van der Waals surface area contributed by atoms with Crippen molar-refractivity contribution in [1.29, 1.82) is 0 Å². The van der Waals surface area contributed by atoms with E-state index < -0.39 is 5.97 Å². The van der Waals surface area contributed by atoms with Gasteiger partial charge >= 0.3 is 5.97 Å². The van der Waals surface area contributed by atoms with Crippen molar-refractivity contribution in [2.45, 2.75) is 45.4 Å². The van der Waals surface area contributed by atoms with Gasteiger partial charge < -0.3 is 15.2 Å². The molecule has 1 atom stereocenters. The Morgan fingerprint density at radius 1 is 1.03 bits per heavy atom. The SMILES string of the molecule is COc1ncccc1C(CCCC(C)C)CC(=O)Nc1cc(C(=O)O)ccc1-c1ccccc1. The van der Waals surface area contributed by atoms with Gasteiger partial charge in [-0.05, 0) is 42.0 Å². The first-order valence-corrected chi connectivity index (χ1v) is 11.6. The molecule has 6 nitrogen and oxygen atoms in total. The zero-order chi connectivity index (χ0) is 24.5. The summed E-state index contributed by atoms with van der Waals surface area (Å²) >= 11 is 0. The van der Waals surface area contributed by atoms with Gasteiger partial charge in [0.2, 0.25) is 11.8 Å². The highest BCUT2D eigenvalue weighted by molar-refractivity contribution is 5.98. The molecule has 1 heterocycles. The molecular weight excluding hydrogens is 428 g/mol. The van der Waals surface area contributed by atoms with Crippen LogP contribution in [0, 0.1) is 5.92 Å². The van der Waals surface area contributed by atoms with Crippen LogP contribution in [0.15, 0.2) is 66.9 Å². The molecule has 6 heteroatoms. The topological polar surface area (TPSA) is 88.5 Å². The fourth-order valence-corrected chi connectivity index (χ4v) is 4.10. The van der Waals surface area contributed by atoms with Crippen LogP contribution < -0.4 is 10.1 Å². The van der Waals surface area contributed by atoms with Crippen LogP contribution in [-0.2, 0) is 4.79 Å². The number of amides is 1. The summed E-state index contributed by atoms with van der Waals surface area (Å²) in [6, 6.07) is 18.2. The highest BCUT2D eigenvalue weighted by Crippen LogP contribution is 2.34. The van der Waals surface area contributed by atoms with Gasteiger partial charge in [-0.3, -0.25) is 4.79 Å². The number of carbonyl (C=O) groups excluding carboxylic acids is 1. The number of anilines is 1. The van der Waals surface area contributed by atoms with E-state index in [1.807, 2.05) is 42.5 Å². The average molecular weight is 461 g/mol. The molecule has 178 valence electrons. The van der Waals surface area contributed by atoms with Crippen LogP contribution in [0.2, 0.25) is 0 Å². The van der Waals surface area contributed by atoms with Crippen molar-refractivity contribution in [3.8, 4) is 17.0 Å². The minimum atomic E-state index is -1.04. The standard InChI is InChI=1S/C28H32N2O4/c1-19(2)9-7-12-21(24-13-8-16-29-27(24)34-3)18-26(31)30-25-17-22(28(32)33)14-15-23(25)20-10-5-4-6-11-20/h4-6,8,10-11,13-17,19,21H,7,9,12,18H2,1-3H3,(H,30,31)(H,32,33). The van der Waals surface area contributed by atoms with E-state index >= 15 is 0 Å². The molecule has 2 aromatic carbocycles. The number of pyridine rings is 1. The second kappa shape index (κ2) is 12.0. The first-order valence-electron chi connectivity index (χ1n) is 11.6. The van der Waals surface area contributed by atoms with Crippen molar-refractivity contribution < 1.29 is 19.4 Å². The first kappa shape index (κ1) is 25.0. The predicted octanol–water partition coefficient (Wildman–Crippen LogP) is 6.39. The number of nitrogens with zero attached hydrogens (tertiary/aromatic N) is 1. The third kappa shape index (κ3) is 6.67. The van der Waals surface area contributed by atoms with Gasteiger partial charge in [0.05, 0.1) is 12.7 Å². The van der Waals surface area contributed by atoms with Gasteiger partial charge in [0.1, 0.15) is 0 Å². The minimum Gasteiger partial charge on any atom is -0.481 e. The quantitative estimate of drug-likeness (QED) is 0.346. The smallest absolute Gasteiger partial charge is 0.335 e. The molecule has 3 aromatic rings. The Balaban J connectivity index is 1.87. The van der Waals surface area contributed by atoms with E-state index in [0.29, 0.717) is 17.5 Å². The molecule has 0 fully saturated rings. The molecule has 0 aliphatic rings. The van der Waals surface area contributed by atoms with E-state index in [1.54, 1.807) is 25.4 Å². The number of carbonyl (C=O) groups is 2. The van der Waals surface area contributed by atoms with Gasteiger partial charge in [0.15, 0.2) is 0 Å². The lowest BCUT2D eigenvalue weighted by atomic mass is 9.89. The van der Waals surface area contributed by atoms with Crippen molar-refractivity contribution in [3.05, 3.63) is 78.0 Å². The second-order valence-electron chi connectivity index (χ2n) is 8.81. The lowest BCUT2D eigenvalue weighted by Gasteiger charge is -2.20. The Hall–Kier alpha value is -3.67. The van der Waals surface area contributed by atoms with Gasteiger partial charge in [-0.25, -0.2) is 9.78 Å². The molecule has 1 aromatic heterocycles. The monoisotopic (exact) mass is 460 g/mol. The summed E-state index contributed by atoms with van der Waals surface area (Å²) in [5.41, 5.74) is 3.19. The summed E-state index contributed by atoms with van der Waals surface area (Å²) in [6.07, 6.45) is 4.80. The molecule has 1 amide bonds. The van der Waals surface area contributed by atoms with Crippen LogP contribution in [-0.4, -0.2) is 29.1 Å². The van der Waals surface area contributed by atoms with Crippen molar-refractivity contribution in [3.63, 3.8) is 0 Å². The molecule has 0 aliphatic carbocycles. The Kier molecular flexibility index (Phi) is 8.79. The maximum absolute atomic E-state index is 13.2. The molecule has 0 spiro atoms. The van der Waals surface area contributed by atoms with Crippen LogP contribution >= 0.6 is 0 Å². The summed E-state index contributed by atoms with van der Waals surface area (Å²) in [5, 5.41) is 12.4. The molecular formula is C28H32N2O4. The van der Waals surface area contributed by atoms with E-state index in [1.165, 1.54) is 6.07 Å². The van der Waals surface area contributed by atoms with Crippen LogP contribution in [0.1, 0.15) is 61.4 Å².